The number of fused-ring (bicyclic) bond motifs is 1. The Morgan fingerprint density at radius 3 is 2.17 bits per heavy atom. The van der Waals surface area contributed by atoms with Gasteiger partial charge in [-0.1, -0.05) is 54.6 Å². The summed E-state index contributed by atoms with van der Waals surface area (Å²) in [7, 11) is 0. The summed E-state index contributed by atoms with van der Waals surface area (Å²) in [4.78, 5) is 0. The van der Waals surface area contributed by atoms with Crippen LogP contribution in [0.2, 0.25) is 0 Å². The Bertz CT molecular complexity index is 714. The van der Waals surface area contributed by atoms with Crippen LogP contribution < -0.4 is 5.73 Å². The first kappa shape index (κ1) is 10.8. The van der Waals surface area contributed by atoms with Crippen molar-refractivity contribution in [3.63, 3.8) is 0 Å². The van der Waals surface area contributed by atoms with Gasteiger partial charge >= 0.3 is 0 Å². The molecule has 0 unspecified atom stereocenters. The van der Waals surface area contributed by atoms with Crippen LogP contribution >= 0.6 is 0 Å². The fourth-order valence-electron chi connectivity index (χ4n) is 2.44. The van der Waals surface area contributed by atoms with Gasteiger partial charge in [0.15, 0.2) is 0 Å². The predicted octanol–water partition coefficient (Wildman–Crippen LogP) is 4.40. The second kappa shape index (κ2) is 4.19. The van der Waals surface area contributed by atoms with E-state index in [1.54, 1.807) is 0 Å². The van der Waals surface area contributed by atoms with E-state index in [-0.39, 0.29) is 0 Å². The van der Waals surface area contributed by atoms with Gasteiger partial charge in [-0.3, -0.25) is 0 Å². The Balaban J connectivity index is 2.37. The summed E-state index contributed by atoms with van der Waals surface area (Å²) >= 11 is 0. The third-order valence-electron chi connectivity index (χ3n) is 3.39. The summed E-state index contributed by atoms with van der Waals surface area (Å²) in [6.07, 6.45) is 0. The minimum absolute atomic E-state index is 0.836. The van der Waals surface area contributed by atoms with E-state index >= 15 is 0 Å². The monoisotopic (exact) mass is 233 g/mol. The van der Waals surface area contributed by atoms with Crippen molar-refractivity contribution >= 4 is 16.5 Å². The number of hydrogen-bond donors (Lipinski definition) is 1. The van der Waals surface area contributed by atoms with Gasteiger partial charge in [0, 0.05) is 11.1 Å². The van der Waals surface area contributed by atoms with Crippen LogP contribution in [0.3, 0.4) is 0 Å². The van der Waals surface area contributed by atoms with Gasteiger partial charge in [0.1, 0.15) is 0 Å². The zero-order chi connectivity index (χ0) is 12.5. The average molecular weight is 233 g/mol. The number of nitrogens with two attached hydrogens (primary N) is 1. The first-order valence-electron chi connectivity index (χ1n) is 6.10. The van der Waals surface area contributed by atoms with Crippen molar-refractivity contribution in [2.45, 2.75) is 6.92 Å². The van der Waals surface area contributed by atoms with Crippen molar-refractivity contribution in [3.05, 3.63) is 66.2 Å². The van der Waals surface area contributed by atoms with Crippen LogP contribution in [-0.2, 0) is 0 Å². The van der Waals surface area contributed by atoms with Crippen LogP contribution in [0, 0.1) is 6.92 Å². The fraction of sp³-hybridized carbons (Fsp3) is 0.0588. The lowest BCUT2D eigenvalue weighted by Crippen LogP contribution is -1.89. The summed E-state index contributed by atoms with van der Waals surface area (Å²) < 4.78 is 0. The SMILES string of the molecule is Cc1ccccc1-c1cccc2c(N)cccc12. The maximum Gasteiger partial charge on any atom is 0.0393 e. The molecule has 0 atom stereocenters. The van der Waals surface area contributed by atoms with Crippen LogP contribution in [0.5, 0.6) is 0 Å². The largest absolute Gasteiger partial charge is 0.398 e. The number of nitrogen functional groups attached to an aromatic ring is 1. The van der Waals surface area contributed by atoms with E-state index < -0.39 is 0 Å². The van der Waals surface area contributed by atoms with E-state index in [4.69, 9.17) is 5.73 Å². The Hall–Kier alpha value is -2.28. The molecule has 3 aromatic rings. The summed E-state index contributed by atoms with van der Waals surface area (Å²) in [5, 5.41) is 2.34. The lowest BCUT2D eigenvalue weighted by atomic mass is 9.95. The molecule has 0 aliphatic heterocycles. The van der Waals surface area contributed by atoms with Gasteiger partial charge in [-0.2, -0.15) is 0 Å². The van der Waals surface area contributed by atoms with Crippen LogP contribution in [0.15, 0.2) is 60.7 Å². The lowest BCUT2D eigenvalue weighted by molar-refractivity contribution is 1.47. The number of benzene rings is 3. The van der Waals surface area contributed by atoms with Crippen LogP contribution in [0.1, 0.15) is 5.56 Å². The van der Waals surface area contributed by atoms with E-state index in [9.17, 15) is 0 Å². The molecule has 3 aromatic carbocycles. The van der Waals surface area contributed by atoms with E-state index in [0.29, 0.717) is 0 Å². The highest BCUT2D eigenvalue weighted by Gasteiger charge is 2.06. The molecule has 0 fully saturated rings. The zero-order valence-corrected chi connectivity index (χ0v) is 10.4. The molecular formula is C17H15N. The molecule has 1 nitrogen and oxygen atoms in total. The fourth-order valence-corrected chi connectivity index (χ4v) is 2.44. The topological polar surface area (TPSA) is 26.0 Å². The van der Waals surface area contributed by atoms with Crippen molar-refractivity contribution < 1.29 is 0 Å². The van der Waals surface area contributed by atoms with E-state index in [1.165, 1.54) is 22.1 Å². The molecule has 0 heterocycles. The second-order valence-electron chi connectivity index (χ2n) is 4.56. The number of rotatable bonds is 1. The smallest absolute Gasteiger partial charge is 0.0393 e. The highest BCUT2D eigenvalue weighted by Crippen LogP contribution is 2.32. The average Bonchev–Trinajstić information content (AvgIpc) is 2.40. The molecule has 0 saturated carbocycles. The van der Waals surface area contributed by atoms with Crippen molar-refractivity contribution in [1.82, 2.24) is 0 Å². The molecule has 0 aliphatic rings. The van der Waals surface area contributed by atoms with Gasteiger partial charge in [-0.15, -0.1) is 0 Å². The zero-order valence-electron chi connectivity index (χ0n) is 10.4. The third-order valence-corrected chi connectivity index (χ3v) is 3.39. The highest BCUT2D eigenvalue weighted by molar-refractivity contribution is 6.02. The summed E-state index contributed by atoms with van der Waals surface area (Å²) in [5.41, 5.74) is 10.7. The maximum atomic E-state index is 6.04. The van der Waals surface area contributed by atoms with Gasteiger partial charge in [0.2, 0.25) is 0 Å². The van der Waals surface area contributed by atoms with Crippen LogP contribution in [-0.4, -0.2) is 0 Å². The number of hydrogen-bond acceptors (Lipinski definition) is 1. The second-order valence-corrected chi connectivity index (χ2v) is 4.56. The van der Waals surface area contributed by atoms with Gasteiger partial charge in [0.05, 0.1) is 0 Å². The summed E-state index contributed by atoms with van der Waals surface area (Å²) in [6.45, 7) is 2.14. The molecule has 2 N–H and O–H groups in total. The third kappa shape index (κ3) is 1.65. The number of aryl methyl sites for hydroxylation is 1. The lowest BCUT2D eigenvalue weighted by Gasteiger charge is -2.10. The summed E-state index contributed by atoms with van der Waals surface area (Å²) in [6, 6.07) is 20.8. The van der Waals surface area contributed by atoms with Crippen molar-refractivity contribution in [2.24, 2.45) is 0 Å². The number of anilines is 1. The molecule has 0 spiro atoms. The molecular weight excluding hydrogens is 218 g/mol. The molecule has 3 rings (SSSR count). The Morgan fingerprint density at radius 2 is 1.33 bits per heavy atom. The molecule has 0 radical (unpaired) electrons. The molecule has 0 saturated heterocycles. The maximum absolute atomic E-state index is 6.04. The van der Waals surface area contributed by atoms with Crippen molar-refractivity contribution in [2.75, 3.05) is 5.73 Å². The molecule has 1 heteroatoms. The minimum Gasteiger partial charge on any atom is -0.398 e. The van der Waals surface area contributed by atoms with Crippen molar-refractivity contribution in [1.29, 1.82) is 0 Å². The van der Waals surface area contributed by atoms with Gasteiger partial charge < -0.3 is 5.73 Å². The highest BCUT2D eigenvalue weighted by atomic mass is 14.5. The minimum atomic E-state index is 0.836. The predicted molar refractivity (Wildman–Crippen MR) is 78.5 cm³/mol. The Kier molecular flexibility index (Phi) is 2.52. The van der Waals surface area contributed by atoms with Crippen molar-refractivity contribution in [3.8, 4) is 11.1 Å². The molecule has 18 heavy (non-hydrogen) atoms. The standard InChI is InChI=1S/C17H15N/c1-12-6-2-3-7-13(12)14-8-4-10-16-15(14)9-5-11-17(16)18/h2-11H,18H2,1H3. The van der Waals surface area contributed by atoms with Crippen LogP contribution in [0.25, 0.3) is 21.9 Å². The van der Waals surface area contributed by atoms with Gasteiger partial charge in [-0.05, 0) is 35.1 Å². The van der Waals surface area contributed by atoms with E-state index in [0.717, 1.165) is 11.1 Å². The molecule has 0 aromatic heterocycles. The Labute approximate surface area is 107 Å². The first-order chi connectivity index (χ1) is 8.77. The van der Waals surface area contributed by atoms with E-state index in [2.05, 4.69) is 55.5 Å². The van der Waals surface area contributed by atoms with Gasteiger partial charge in [-0.25, -0.2) is 0 Å². The van der Waals surface area contributed by atoms with E-state index in [1.807, 2.05) is 12.1 Å². The quantitative estimate of drug-likeness (QED) is 0.619. The molecule has 88 valence electrons. The normalized spacial score (nSPS) is 10.7. The molecule has 0 amide bonds. The Morgan fingerprint density at radius 1 is 0.667 bits per heavy atom. The molecule has 0 aliphatic carbocycles. The first-order valence-corrected chi connectivity index (χ1v) is 6.10. The van der Waals surface area contributed by atoms with Gasteiger partial charge in [0.25, 0.3) is 0 Å². The summed E-state index contributed by atoms with van der Waals surface area (Å²) in [5.74, 6) is 0. The van der Waals surface area contributed by atoms with Crippen LogP contribution in [0.4, 0.5) is 5.69 Å². The molecule has 0 bridgehead atoms.